The molecule has 1 N–H and O–H groups in total. The van der Waals surface area contributed by atoms with Gasteiger partial charge in [0.15, 0.2) is 5.65 Å². The first-order valence-corrected chi connectivity index (χ1v) is 5.83. The van der Waals surface area contributed by atoms with Crippen LogP contribution in [0.2, 0.25) is 0 Å². The Morgan fingerprint density at radius 1 is 1.53 bits per heavy atom. The largest absolute Gasteiger partial charge is 0.378 e. The number of nitrogens with zero attached hydrogens (tertiary/aromatic N) is 3. The van der Waals surface area contributed by atoms with E-state index in [2.05, 4.69) is 21.5 Å². The molecule has 90 valence electrons. The summed E-state index contributed by atoms with van der Waals surface area (Å²) in [6.45, 7) is 4.50. The number of hydrogen-bond acceptors (Lipinski definition) is 4. The van der Waals surface area contributed by atoms with Gasteiger partial charge in [-0.2, -0.15) is 5.10 Å². The van der Waals surface area contributed by atoms with E-state index < -0.39 is 0 Å². The fraction of sp³-hybridized carbons (Fsp3) is 0.500. The van der Waals surface area contributed by atoms with Crippen LogP contribution in [0.1, 0.15) is 11.3 Å². The predicted molar refractivity (Wildman–Crippen MR) is 64.7 cm³/mol. The molecule has 0 amide bonds. The molecule has 1 saturated heterocycles. The van der Waals surface area contributed by atoms with Crippen LogP contribution in [0.5, 0.6) is 0 Å². The summed E-state index contributed by atoms with van der Waals surface area (Å²) in [4.78, 5) is 4.45. The quantitative estimate of drug-likeness (QED) is 0.849. The molecule has 1 aliphatic rings. The van der Waals surface area contributed by atoms with Crippen molar-refractivity contribution in [2.75, 3.05) is 13.2 Å². The zero-order chi connectivity index (χ0) is 11.8. The van der Waals surface area contributed by atoms with Crippen molar-refractivity contribution < 1.29 is 4.74 Å². The van der Waals surface area contributed by atoms with Gasteiger partial charge in [0.1, 0.15) is 0 Å². The Bertz CT molecular complexity index is 545. The van der Waals surface area contributed by atoms with E-state index in [1.807, 2.05) is 24.9 Å². The van der Waals surface area contributed by atoms with E-state index in [4.69, 9.17) is 4.74 Å². The Labute approximate surface area is 99.8 Å². The van der Waals surface area contributed by atoms with Crippen molar-refractivity contribution in [1.82, 2.24) is 20.1 Å². The topological polar surface area (TPSA) is 52.0 Å². The molecule has 2 aromatic rings. The maximum absolute atomic E-state index is 5.12. The van der Waals surface area contributed by atoms with Crippen molar-refractivity contribution in [3.8, 4) is 0 Å². The molecular weight excluding hydrogens is 216 g/mol. The fourth-order valence-corrected chi connectivity index (χ4v) is 2.06. The van der Waals surface area contributed by atoms with Crippen LogP contribution in [0.3, 0.4) is 0 Å². The minimum atomic E-state index is 0.501. The standard InChI is InChI=1S/C12H16N4O/c1-8-11-3-9(4-13-10-6-17-7-10)5-14-12(11)16(2)15-8/h3,5,10,13H,4,6-7H2,1-2H3. The van der Waals surface area contributed by atoms with Gasteiger partial charge in [-0.25, -0.2) is 4.98 Å². The molecule has 1 fully saturated rings. The average Bonchev–Trinajstić information content (AvgIpc) is 2.53. The third-order valence-corrected chi connectivity index (χ3v) is 3.15. The van der Waals surface area contributed by atoms with Gasteiger partial charge in [-0.3, -0.25) is 4.68 Å². The Balaban J connectivity index is 1.82. The van der Waals surface area contributed by atoms with Crippen LogP contribution >= 0.6 is 0 Å². The highest BCUT2D eigenvalue weighted by molar-refractivity contribution is 5.78. The first-order valence-electron chi connectivity index (χ1n) is 5.83. The first-order chi connectivity index (χ1) is 8.24. The maximum Gasteiger partial charge on any atom is 0.157 e. The van der Waals surface area contributed by atoms with E-state index in [9.17, 15) is 0 Å². The van der Waals surface area contributed by atoms with Crippen LogP contribution in [0.25, 0.3) is 11.0 Å². The predicted octanol–water partition coefficient (Wildman–Crippen LogP) is 0.765. The lowest BCUT2D eigenvalue weighted by Crippen LogP contribution is -2.45. The number of pyridine rings is 1. The zero-order valence-corrected chi connectivity index (χ0v) is 10.1. The summed E-state index contributed by atoms with van der Waals surface area (Å²) in [6.07, 6.45) is 1.91. The molecule has 2 aromatic heterocycles. The third kappa shape index (κ3) is 1.92. The molecule has 0 aromatic carbocycles. The average molecular weight is 232 g/mol. The molecular formula is C12H16N4O. The van der Waals surface area contributed by atoms with Gasteiger partial charge < -0.3 is 10.1 Å². The molecule has 17 heavy (non-hydrogen) atoms. The van der Waals surface area contributed by atoms with Crippen LogP contribution in [-0.4, -0.2) is 34.0 Å². The smallest absolute Gasteiger partial charge is 0.157 e. The summed E-state index contributed by atoms with van der Waals surface area (Å²) in [5, 5.41) is 8.94. The van der Waals surface area contributed by atoms with Crippen molar-refractivity contribution in [2.45, 2.75) is 19.5 Å². The van der Waals surface area contributed by atoms with Gasteiger partial charge in [-0.1, -0.05) is 0 Å². The Kier molecular flexibility index (Phi) is 2.57. The van der Waals surface area contributed by atoms with Gasteiger partial charge in [0.05, 0.1) is 24.9 Å². The number of aromatic nitrogens is 3. The number of fused-ring (bicyclic) bond motifs is 1. The zero-order valence-electron chi connectivity index (χ0n) is 10.1. The summed E-state index contributed by atoms with van der Waals surface area (Å²) in [7, 11) is 1.92. The van der Waals surface area contributed by atoms with Gasteiger partial charge in [-0.15, -0.1) is 0 Å². The lowest BCUT2D eigenvalue weighted by molar-refractivity contribution is -0.00578. The SMILES string of the molecule is Cc1nn(C)c2ncc(CNC3COC3)cc12. The van der Waals surface area contributed by atoms with Crippen molar-refractivity contribution in [3.63, 3.8) is 0 Å². The lowest BCUT2D eigenvalue weighted by Gasteiger charge is -2.26. The van der Waals surface area contributed by atoms with Crippen LogP contribution in [-0.2, 0) is 18.3 Å². The van der Waals surface area contributed by atoms with Crippen molar-refractivity contribution in [1.29, 1.82) is 0 Å². The van der Waals surface area contributed by atoms with E-state index in [0.717, 1.165) is 36.5 Å². The molecule has 0 radical (unpaired) electrons. The molecule has 0 unspecified atom stereocenters. The van der Waals surface area contributed by atoms with Crippen molar-refractivity contribution in [3.05, 3.63) is 23.5 Å². The summed E-state index contributed by atoms with van der Waals surface area (Å²) in [5.74, 6) is 0. The highest BCUT2D eigenvalue weighted by atomic mass is 16.5. The summed E-state index contributed by atoms with van der Waals surface area (Å²) >= 11 is 0. The number of aryl methyl sites for hydroxylation is 2. The molecule has 0 spiro atoms. The number of rotatable bonds is 3. The molecule has 0 saturated carbocycles. The highest BCUT2D eigenvalue weighted by Gasteiger charge is 2.17. The molecule has 1 aliphatic heterocycles. The number of nitrogens with one attached hydrogen (secondary N) is 1. The van der Waals surface area contributed by atoms with E-state index in [0.29, 0.717) is 6.04 Å². The van der Waals surface area contributed by atoms with Crippen LogP contribution in [0.4, 0.5) is 0 Å². The Morgan fingerprint density at radius 3 is 3.06 bits per heavy atom. The van der Waals surface area contributed by atoms with E-state index >= 15 is 0 Å². The third-order valence-electron chi connectivity index (χ3n) is 3.15. The van der Waals surface area contributed by atoms with Crippen LogP contribution < -0.4 is 5.32 Å². The van der Waals surface area contributed by atoms with Gasteiger partial charge in [0, 0.05) is 25.2 Å². The van der Waals surface area contributed by atoms with Crippen molar-refractivity contribution in [2.24, 2.45) is 7.05 Å². The minimum absolute atomic E-state index is 0.501. The molecule has 0 bridgehead atoms. The molecule has 3 heterocycles. The second-order valence-corrected chi connectivity index (χ2v) is 4.54. The first kappa shape index (κ1) is 10.7. The van der Waals surface area contributed by atoms with Gasteiger partial charge >= 0.3 is 0 Å². The van der Waals surface area contributed by atoms with Crippen molar-refractivity contribution >= 4 is 11.0 Å². The normalized spacial score (nSPS) is 16.4. The lowest BCUT2D eigenvalue weighted by atomic mass is 10.2. The second-order valence-electron chi connectivity index (χ2n) is 4.54. The van der Waals surface area contributed by atoms with Gasteiger partial charge in [0.2, 0.25) is 0 Å². The monoisotopic (exact) mass is 232 g/mol. The summed E-state index contributed by atoms with van der Waals surface area (Å²) in [5.41, 5.74) is 3.17. The van der Waals surface area contributed by atoms with E-state index in [1.54, 1.807) is 0 Å². The number of hydrogen-bond donors (Lipinski definition) is 1. The molecule has 0 atom stereocenters. The molecule has 5 heteroatoms. The van der Waals surface area contributed by atoms with E-state index in [-0.39, 0.29) is 0 Å². The highest BCUT2D eigenvalue weighted by Crippen LogP contribution is 2.16. The second kappa shape index (κ2) is 4.09. The van der Waals surface area contributed by atoms with Gasteiger partial charge in [0.25, 0.3) is 0 Å². The minimum Gasteiger partial charge on any atom is -0.378 e. The Morgan fingerprint density at radius 2 is 2.35 bits per heavy atom. The summed E-state index contributed by atoms with van der Waals surface area (Å²) in [6, 6.07) is 2.66. The van der Waals surface area contributed by atoms with E-state index in [1.165, 1.54) is 5.56 Å². The fourth-order valence-electron chi connectivity index (χ4n) is 2.06. The Hall–Kier alpha value is -1.46. The van der Waals surface area contributed by atoms with Crippen LogP contribution in [0, 0.1) is 6.92 Å². The van der Waals surface area contributed by atoms with Gasteiger partial charge in [-0.05, 0) is 18.6 Å². The molecule has 0 aliphatic carbocycles. The van der Waals surface area contributed by atoms with Crippen LogP contribution in [0.15, 0.2) is 12.3 Å². The molecule has 3 rings (SSSR count). The number of ether oxygens (including phenoxy) is 1. The molecule has 5 nitrogen and oxygen atoms in total. The maximum atomic E-state index is 5.12. The summed E-state index contributed by atoms with van der Waals surface area (Å²) < 4.78 is 6.95.